The molecule has 0 spiro atoms. The van der Waals surface area contributed by atoms with E-state index in [1.807, 2.05) is 0 Å². The molecular formula is C18H13ClN2O6. The molecule has 0 aliphatic carbocycles. The molecule has 27 heavy (non-hydrogen) atoms. The fourth-order valence-electron chi connectivity index (χ4n) is 2.65. The normalized spacial score (nSPS) is 13.5. The average Bonchev–Trinajstić information content (AvgIpc) is 3.03. The minimum atomic E-state index is -1.38. The molecule has 138 valence electrons. The van der Waals surface area contributed by atoms with Crippen LogP contribution in [0.4, 0.5) is 5.69 Å². The van der Waals surface area contributed by atoms with Crippen LogP contribution in [-0.4, -0.2) is 32.4 Å². The molecule has 0 unspecified atom stereocenters. The van der Waals surface area contributed by atoms with Crippen LogP contribution in [0.1, 0.15) is 15.9 Å². The molecule has 1 aliphatic heterocycles. The fraction of sp³-hybridized carbons (Fsp3) is 0. The van der Waals surface area contributed by atoms with Crippen LogP contribution < -0.4 is 10.4 Å². The molecule has 0 atom stereocenters. The van der Waals surface area contributed by atoms with Crippen molar-refractivity contribution in [1.82, 2.24) is 5.43 Å². The van der Waals surface area contributed by atoms with Crippen LogP contribution in [-0.2, 0) is 4.79 Å². The van der Waals surface area contributed by atoms with Crippen LogP contribution in [0.15, 0.2) is 65.7 Å². The first-order chi connectivity index (χ1) is 12.8. The number of nitrogens with one attached hydrogen (secondary N) is 1. The van der Waals surface area contributed by atoms with Crippen LogP contribution in [0.25, 0.3) is 5.70 Å². The second-order valence-corrected chi connectivity index (χ2v) is 5.97. The van der Waals surface area contributed by atoms with E-state index in [1.54, 1.807) is 24.3 Å². The number of carbonyl (C=O) groups is 2. The largest absolute Gasteiger partial charge is 0.480 e. The van der Waals surface area contributed by atoms with Crippen LogP contribution >= 0.6 is 11.6 Å². The summed E-state index contributed by atoms with van der Waals surface area (Å²) in [6, 6.07) is 11.7. The Bertz CT molecular complexity index is 976. The molecule has 0 saturated heterocycles. The second-order valence-electron chi connectivity index (χ2n) is 5.53. The Kier molecular flexibility index (Phi) is 4.66. The Morgan fingerprint density at radius 1 is 0.852 bits per heavy atom. The third-order valence-corrected chi connectivity index (χ3v) is 4.12. The number of aromatic carboxylic acids is 1. The van der Waals surface area contributed by atoms with Gasteiger partial charge < -0.3 is 20.4 Å². The molecule has 1 aliphatic rings. The topological polar surface area (TPSA) is 130 Å². The first kappa shape index (κ1) is 18.2. The van der Waals surface area contributed by atoms with Gasteiger partial charge in [-0.3, -0.25) is 5.43 Å². The first-order valence-electron chi connectivity index (χ1n) is 7.56. The summed E-state index contributed by atoms with van der Waals surface area (Å²) < 4.78 is 0. The van der Waals surface area contributed by atoms with E-state index in [-0.39, 0.29) is 22.5 Å². The number of anilines is 1. The lowest BCUT2D eigenvalue weighted by atomic mass is 10.1. The summed E-state index contributed by atoms with van der Waals surface area (Å²) in [5.41, 5.74) is 2.99. The SMILES string of the molecule is O=C(O)C1=C(c2ccc(Cl)cc2)NN(c2ccc(C(=O)O)cc2)C1=C(O)O. The molecule has 0 amide bonds. The van der Waals surface area contributed by atoms with E-state index in [4.69, 9.17) is 16.7 Å². The number of carboxylic acid groups (broad SMARTS) is 2. The van der Waals surface area contributed by atoms with E-state index in [2.05, 4.69) is 5.43 Å². The summed E-state index contributed by atoms with van der Waals surface area (Å²) in [6.07, 6.45) is 0. The summed E-state index contributed by atoms with van der Waals surface area (Å²) in [5.74, 6) is -3.71. The maximum atomic E-state index is 11.8. The molecule has 8 nitrogen and oxygen atoms in total. The van der Waals surface area contributed by atoms with Crippen molar-refractivity contribution in [3.8, 4) is 0 Å². The van der Waals surface area contributed by atoms with Gasteiger partial charge in [-0.2, -0.15) is 0 Å². The molecular weight excluding hydrogens is 376 g/mol. The van der Waals surface area contributed by atoms with Crippen LogP contribution in [0, 0.1) is 0 Å². The van der Waals surface area contributed by atoms with Gasteiger partial charge in [0.2, 0.25) is 0 Å². The highest BCUT2D eigenvalue weighted by molar-refractivity contribution is 6.30. The number of rotatable bonds is 4. The maximum absolute atomic E-state index is 11.8. The molecule has 3 rings (SSSR count). The van der Waals surface area contributed by atoms with E-state index < -0.39 is 17.9 Å². The summed E-state index contributed by atoms with van der Waals surface area (Å²) >= 11 is 5.86. The third-order valence-electron chi connectivity index (χ3n) is 3.87. The lowest BCUT2D eigenvalue weighted by Gasteiger charge is -2.21. The number of hydrogen-bond acceptors (Lipinski definition) is 6. The number of hydrogen-bond donors (Lipinski definition) is 5. The number of aliphatic hydroxyl groups is 2. The number of carboxylic acids is 2. The Labute approximate surface area is 157 Å². The monoisotopic (exact) mass is 388 g/mol. The molecule has 0 aromatic heterocycles. The lowest BCUT2D eigenvalue weighted by Crippen LogP contribution is -2.31. The Hall–Kier alpha value is -3.65. The molecule has 2 aromatic rings. The maximum Gasteiger partial charge on any atom is 0.340 e. The molecule has 1 heterocycles. The van der Waals surface area contributed by atoms with Gasteiger partial charge >= 0.3 is 17.9 Å². The van der Waals surface area contributed by atoms with Crippen LogP contribution in [0.3, 0.4) is 0 Å². The Morgan fingerprint density at radius 2 is 1.44 bits per heavy atom. The Morgan fingerprint density at radius 3 is 1.93 bits per heavy atom. The zero-order valence-electron chi connectivity index (χ0n) is 13.5. The number of aliphatic carboxylic acids is 1. The zero-order valence-corrected chi connectivity index (χ0v) is 14.3. The molecule has 0 fully saturated rings. The molecule has 0 bridgehead atoms. The third kappa shape index (κ3) is 3.38. The highest BCUT2D eigenvalue weighted by Gasteiger charge is 2.36. The van der Waals surface area contributed by atoms with Crippen molar-refractivity contribution in [2.75, 3.05) is 5.01 Å². The average molecular weight is 389 g/mol. The molecule has 0 radical (unpaired) electrons. The van der Waals surface area contributed by atoms with Gasteiger partial charge in [0.15, 0.2) is 5.70 Å². The summed E-state index contributed by atoms with van der Waals surface area (Å²) in [4.78, 5) is 22.8. The number of nitrogens with zero attached hydrogens (tertiary/aromatic N) is 1. The van der Waals surface area contributed by atoms with Gasteiger partial charge in [-0.1, -0.05) is 23.7 Å². The quantitative estimate of drug-likeness (QED) is 0.505. The van der Waals surface area contributed by atoms with Gasteiger partial charge in [0.05, 0.1) is 16.9 Å². The number of hydrazine groups is 1. The summed E-state index contributed by atoms with van der Waals surface area (Å²) in [6.45, 7) is 0. The van der Waals surface area contributed by atoms with Gasteiger partial charge in [-0.25, -0.2) is 14.6 Å². The first-order valence-corrected chi connectivity index (χ1v) is 7.93. The van der Waals surface area contributed by atoms with E-state index in [9.17, 15) is 24.9 Å². The predicted octanol–water partition coefficient (Wildman–Crippen LogP) is 3.14. The molecule has 2 aromatic carbocycles. The minimum absolute atomic E-state index is 0.0287. The minimum Gasteiger partial charge on any atom is -0.480 e. The van der Waals surface area contributed by atoms with Crippen molar-refractivity contribution in [1.29, 1.82) is 0 Å². The van der Waals surface area contributed by atoms with Crippen molar-refractivity contribution in [2.24, 2.45) is 0 Å². The van der Waals surface area contributed by atoms with Gasteiger partial charge in [0.25, 0.3) is 0 Å². The highest BCUT2D eigenvalue weighted by atomic mass is 35.5. The van der Waals surface area contributed by atoms with Gasteiger partial charge in [0.1, 0.15) is 5.57 Å². The smallest absolute Gasteiger partial charge is 0.340 e. The zero-order chi connectivity index (χ0) is 19.7. The number of aliphatic hydroxyl groups excluding tert-OH is 1. The second kappa shape index (κ2) is 6.93. The molecule has 5 N–H and O–H groups in total. The van der Waals surface area contributed by atoms with E-state index in [0.717, 1.165) is 5.01 Å². The van der Waals surface area contributed by atoms with Crippen molar-refractivity contribution in [2.45, 2.75) is 0 Å². The van der Waals surface area contributed by atoms with Crippen molar-refractivity contribution < 1.29 is 30.0 Å². The standard InChI is InChI=1S/C18H13ClN2O6/c19-11-5-1-9(2-6-11)14-13(17(24)25)15(18(26)27)21(20-14)12-7-3-10(4-8-12)16(22)23/h1-8,20,26-27H,(H,22,23)(H,24,25). The van der Waals surface area contributed by atoms with Gasteiger partial charge in [-0.05, 0) is 36.4 Å². The van der Waals surface area contributed by atoms with Crippen molar-refractivity contribution in [3.63, 3.8) is 0 Å². The van der Waals surface area contributed by atoms with Crippen LogP contribution in [0.2, 0.25) is 5.02 Å². The van der Waals surface area contributed by atoms with E-state index in [0.29, 0.717) is 16.3 Å². The van der Waals surface area contributed by atoms with Crippen LogP contribution in [0.5, 0.6) is 0 Å². The van der Waals surface area contributed by atoms with Gasteiger partial charge in [0, 0.05) is 10.6 Å². The lowest BCUT2D eigenvalue weighted by molar-refractivity contribution is -0.132. The number of benzene rings is 2. The highest BCUT2D eigenvalue weighted by Crippen LogP contribution is 2.35. The number of halogens is 1. The predicted molar refractivity (Wildman–Crippen MR) is 97.3 cm³/mol. The van der Waals surface area contributed by atoms with Crippen molar-refractivity contribution in [3.05, 3.63) is 81.9 Å². The van der Waals surface area contributed by atoms with Gasteiger partial charge in [-0.15, -0.1) is 0 Å². The van der Waals surface area contributed by atoms with Crippen molar-refractivity contribution >= 4 is 34.9 Å². The van der Waals surface area contributed by atoms with E-state index >= 15 is 0 Å². The Balaban J connectivity index is 2.11. The summed E-state index contributed by atoms with van der Waals surface area (Å²) in [5, 5.41) is 39.6. The molecule has 9 heteroatoms. The molecule has 0 saturated carbocycles. The summed E-state index contributed by atoms with van der Waals surface area (Å²) in [7, 11) is 0. The fourth-order valence-corrected chi connectivity index (χ4v) is 2.77. The van der Waals surface area contributed by atoms with E-state index in [1.165, 1.54) is 24.3 Å².